The highest BCUT2D eigenvalue weighted by atomic mass is 19.1. The number of nitrogens with one attached hydrogen (secondary N) is 1. The predicted octanol–water partition coefficient (Wildman–Crippen LogP) is 2.74. The van der Waals surface area contributed by atoms with Crippen LogP contribution in [0.4, 0.5) is 4.39 Å². The van der Waals surface area contributed by atoms with Crippen LogP contribution in [0, 0.1) is 5.82 Å². The summed E-state index contributed by atoms with van der Waals surface area (Å²) in [5.41, 5.74) is 1.96. The number of halogens is 1. The SMILES string of the molecule is CN=C(NCc1ccccc1OCCN1CCOCC1)N(C)Cc1cccc(F)c1. The van der Waals surface area contributed by atoms with Crippen LogP contribution in [0.3, 0.4) is 0 Å². The van der Waals surface area contributed by atoms with E-state index in [2.05, 4.69) is 21.3 Å². The number of hydrogen-bond acceptors (Lipinski definition) is 4. The highest BCUT2D eigenvalue weighted by Crippen LogP contribution is 2.18. The molecule has 6 nitrogen and oxygen atoms in total. The van der Waals surface area contributed by atoms with Gasteiger partial charge < -0.3 is 19.7 Å². The number of para-hydroxylation sites is 1. The minimum Gasteiger partial charge on any atom is -0.492 e. The lowest BCUT2D eigenvalue weighted by atomic mass is 10.2. The van der Waals surface area contributed by atoms with Crippen molar-refractivity contribution in [2.45, 2.75) is 13.1 Å². The molecule has 1 heterocycles. The maximum absolute atomic E-state index is 13.4. The number of rotatable bonds is 8. The normalized spacial score (nSPS) is 15.1. The number of benzene rings is 2. The van der Waals surface area contributed by atoms with E-state index < -0.39 is 0 Å². The largest absolute Gasteiger partial charge is 0.492 e. The first-order chi connectivity index (χ1) is 14.7. The Morgan fingerprint density at radius 3 is 2.77 bits per heavy atom. The molecular weight excluding hydrogens is 383 g/mol. The van der Waals surface area contributed by atoms with E-state index in [0.29, 0.717) is 19.7 Å². The molecule has 30 heavy (non-hydrogen) atoms. The molecular formula is C23H31FN4O2. The van der Waals surface area contributed by atoms with Gasteiger partial charge in [-0.2, -0.15) is 0 Å². The molecule has 0 aromatic heterocycles. The molecule has 0 amide bonds. The third-order valence-corrected chi connectivity index (χ3v) is 5.06. The van der Waals surface area contributed by atoms with Gasteiger partial charge in [0, 0.05) is 52.4 Å². The molecule has 1 saturated heterocycles. The summed E-state index contributed by atoms with van der Waals surface area (Å²) < 4.78 is 24.9. The molecule has 162 valence electrons. The molecule has 1 fully saturated rings. The van der Waals surface area contributed by atoms with Crippen LogP contribution in [-0.4, -0.2) is 69.3 Å². The monoisotopic (exact) mass is 414 g/mol. The molecule has 1 aliphatic rings. The van der Waals surface area contributed by atoms with Gasteiger partial charge in [0.25, 0.3) is 0 Å². The van der Waals surface area contributed by atoms with E-state index in [4.69, 9.17) is 9.47 Å². The lowest BCUT2D eigenvalue weighted by molar-refractivity contribution is 0.0322. The fraction of sp³-hybridized carbons (Fsp3) is 0.435. The van der Waals surface area contributed by atoms with Crippen LogP contribution in [0.15, 0.2) is 53.5 Å². The van der Waals surface area contributed by atoms with E-state index in [-0.39, 0.29) is 5.82 Å². The zero-order valence-electron chi connectivity index (χ0n) is 17.8. The molecule has 0 aliphatic carbocycles. The molecule has 0 saturated carbocycles. The van der Waals surface area contributed by atoms with Gasteiger partial charge in [-0.1, -0.05) is 30.3 Å². The highest BCUT2D eigenvalue weighted by Gasteiger charge is 2.12. The number of aliphatic imine (C=N–C) groups is 1. The van der Waals surface area contributed by atoms with Crippen molar-refractivity contribution in [3.8, 4) is 5.75 Å². The van der Waals surface area contributed by atoms with Gasteiger partial charge in [0.15, 0.2) is 5.96 Å². The van der Waals surface area contributed by atoms with Gasteiger partial charge in [-0.15, -0.1) is 0 Å². The molecule has 1 aliphatic heterocycles. The van der Waals surface area contributed by atoms with Gasteiger partial charge in [0.1, 0.15) is 18.2 Å². The topological polar surface area (TPSA) is 49.3 Å². The van der Waals surface area contributed by atoms with Crippen LogP contribution in [0.5, 0.6) is 5.75 Å². The Bertz CT molecular complexity index is 824. The lowest BCUT2D eigenvalue weighted by Crippen LogP contribution is -2.39. The van der Waals surface area contributed by atoms with E-state index in [1.807, 2.05) is 36.2 Å². The summed E-state index contributed by atoms with van der Waals surface area (Å²) in [7, 11) is 3.68. The van der Waals surface area contributed by atoms with Gasteiger partial charge in [0.05, 0.1) is 13.2 Å². The minimum absolute atomic E-state index is 0.230. The van der Waals surface area contributed by atoms with Crippen molar-refractivity contribution in [1.29, 1.82) is 0 Å². The first-order valence-electron chi connectivity index (χ1n) is 10.3. The van der Waals surface area contributed by atoms with Crippen molar-refractivity contribution in [1.82, 2.24) is 15.1 Å². The summed E-state index contributed by atoms with van der Waals surface area (Å²) in [6, 6.07) is 14.7. The molecule has 0 radical (unpaired) electrons. The molecule has 2 aromatic rings. The highest BCUT2D eigenvalue weighted by molar-refractivity contribution is 5.79. The number of morpholine rings is 1. The Morgan fingerprint density at radius 1 is 1.20 bits per heavy atom. The molecule has 0 bridgehead atoms. The second kappa shape index (κ2) is 11.5. The van der Waals surface area contributed by atoms with Crippen LogP contribution in [0.2, 0.25) is 0 Å². The first kappa shape index (κ1) is 22.1. The Hall–Kier alpha value is -2.64. The predicted molar refractivity (Wildman–Crippen MR) is 117 cm³/mol. The minimum atomic E-state index is -0.230. The smallest absolute Gasteiger partial charge is 0.193 e. The number of nitrogens with zero attached hydrogens (tertiary/aromatic N) is 3. The summed E-state index contributed by atoms with van der Waals surface area (Å²) in [6.07, 6.45) is 0. The van der Waals surface area contributed by atoms with E-state index in [1.165, 1.54) is 6.07 Å². The zero-order valence-corrected chi connectivity index (χ0v) is 17.8. The third kappa shape index (κ3) is 6.71. The van der Waals surface area contributed by atoms with Crippen LogP contribution in [0.1, 0.15) is 11.1 Å². The van der Waals surface area contributed by atoms with Crippen molar-refractivity contribution in [2.24, 2.45) is 4.99 Å². The second-order valence-corrected chi connectivity index (χ2v) is 7.30. The van der Waals surface area contributed by atoms with Crippen LogP contribution >= 0.6 is 0 Å². The zero-order chi connectivity index (χ0) is 21.2. The average Bonchev–Trinajstić information content (AvgIpc) is 2.76. The van der Waals surface area contributed by atoms with Gasteiger partial charge in [0.2, 0.25) is 0 Å². The van der Waals surface area contributed by atoms with Crippen LogP contribution < -0.4 is 10.1 Å². The Labute approximate surface area is 178 Å². The van der Waals surface area contributed by atoms with Gasteiger partial charge in [-0.25, -0.2) is 4.39 Å². The summed E-state index contributed by atoms with van der Waals surface area (Å²) in [5, 5.41) is 3.38. The van der Waals surface area contributed by atoms with Crippen molar-refractivity contribution >= 4 is 5.96 Å². The van der Waals surface area contributed by atoms with Gasteiger partial charge >= 0.3 is 0 Å². The van der Waals surface area contributed by atoms with Crippen molar-refractivity contribution in [3.63, 3.8) is 0 Å². The van der Waals surface area contributed by atoms with E-state index in [0.717, 1.165) is 55.7 Å². The van der Waals surface area contributed by atoms with Gasteiger partial charge in [-0.05, 0) is 23.8 Å². The summed E-state index contributed by atoms with van der Waals surface area (Å²) in [5.74, 6) is 1.39. The number of hydrogen-bond donors (Lipinski definition) is 1. The quantitative estimate of drug-likeness (QED) is 0.532. The molecule has 0 spiro atoms. The Kier molecular flexibility index (Phi) is 8.47. The Balaban J connectivity index is 1.52. The van der Waals surface area contributed by atoms with Crippen LogP contribution in [0.25, 0.3) is 0 Å². The van der Waals surface area contributed by atoms with E-state index in [1.54, 1.807) is 19.2 Å². The summed E-state index contributed by atoms with van der Waals surface area (Å²) in [4.78, 5) is 8.68. The number of guanidine groups is 1. The van der Waals surface area contributed by atoms with Gasteiger partial charge in [-0.3, -0.25) is 9.89 Å². The van der Waals surface area contributed by atoms with Crippen molar-refractivity contribution in [3.05, 3.63) is 65.5 Å². The molecule has 0 unspecified atom stereocenters. The third-order valence-electron chi connectivity index (χ3n) is 5.06. The average molecular weight is 415 g/mol. The fourth-order valence-electron chi connectivity index (χ4n) is 3.44. The summed E-state index contributed by atoms with van der Waals surface area (Å²) in [6.45, 7) is 6.20. The molecule has 2 aromatic carbocycles. The maximum atomic E-state index is 13.4. The van der Waals surface area contributed by atoms with E-state index in [9.17, 15) is 4.39 Å². The first-order valence-corrected chi connectivity index (χ1v) is 10.3. The standard InChI is InChI=1S/C23H31FN4O2/c1-25-23(27(2)18-19-6-5-8-21(24)16-19)26-17-20-7-3-4-9-22(20)30-15-12-28-10-13-29-14-11-28/h3-9,16H,10-15,17-18H2,1-2H3,(H,25,26). The van der Waals surface area contributed by atoms with Crippen molar-refractivity contribution in [2.75, 3.05) is 53.6 Å². The number of ether oxygens (including phenoxy) is 2. The maximum Gasteiger partial charge on any atom is 0.193 e. The molecule has 3 rings (SSSR count). The Morgan fingerprint density at radius 2 is 2.00 bits per heavy atom. The molecule has 1 N–H and O–H groups in total. The fourth-order valence-corrected chi connectivity index (χ4v) is 3.44. The van der Waals surface area contributed by atoms with Crippen molar-refractivity contribution < 1.29 is 13.9 Å². The summed E-state index contributed by atoms with van der Waals surface area (Å²) >= 11 is 0. The molecule has 0 atom stereocenters. The van der Waals surface area contributed by atoms with E-state index >= 15 is 0 Å². The second-order valence-electron chi connectivity index (χ2n) is 7.30. The molecule has 7 heteroatoms. The van der Waals surface area contributed by atoms with Crippen LogP contribution in [-0.2, 0) is 17.8 Å². The lowest BCUT2D eigenvalue weighted by Gasteiger charge is -2.26.